The second-order valence-corrected chi connectivity index (χ2v) is 7.53. The minimum Gasteiger partial charge on any atom is -0.424 e. The number of nitrogens with one attached hydrogen (secondary N) is 1. The van der Waals surface area contributed by atoms with Gasteiger partial charge in [0.25, 0.3) is 5.91 Å². The SMILES string of the molecule is O=C(Nc1ccccc1Cl)c1cc2cnc(Oc3ccccc3)nc2n1-c1ccc(F)cc1. The molecule has 0 aliphatic carbocycles. The van der Waals surface area contributed by atoms with E-state index in [-0.39, 0.29) is 17.5 Å². The van der Waals surface area contributed by atoms with E-state index in [4.69, 9.17) is 16.3 Å². The molecule has 162 valence electrons. The Labute approximate surface area is 193 Å². The van der Waals surface area contributed by atoms with Gasteiger partial charge in [-0.1, -0.05) is 41.9 Å². The van der Waals surface area contributed by atoms with Gasteiger partial charge in [-0.3, -0.25) is 9.36 Å². The van der Waals surface area contributed by atoms with Crippen LogP contribution >= 0.6 is 11.6 Å². The Kier molecular flexibility index (Phi) is 5.46. The van der Waals surface area contributed by atoms with Crippen molar-refractivity contribution in [3.8, 4) is 17.4 Å². The first-order valence-electron chi connectivity index (χ1n) is 10.0. The number of halogens is 2. The van der Waals surface area contributed by atoms with E-state index in [2.05, 4.69) is 15.3 Å². The van der Waals surface area contributed by atoms with E-state index in [1.807, 2.05) is 18.2 Å². The topological polar surface area (TPSA) is 69.0 Å². The molecule has 5 rings (SSSR count). The van der Waals surface area contributed by atoms with E-state index in [1.54, 1.807) is 65.4 Å². The number of carbonyl (C=O) groups excluding carboxylic acids is 1. The molecule has 2 heterocycles. The molecule has 0 spiro atoms. The van der Waals surface area contributed by atoms with Crippen molar-refractivity contribution in [2.24, 2.45) is 0 Å². The summed E-state index contributed by atoms with van der Waals surface area (Å²) in [4.78, 5) is 22.0. The first-order valence-corrected chi connectivity index (χ1v) is 10.4. The molecule has 0 atom stereocenters. The molecule has 6 nitrogen and oxygen atoms in total. The summed E-state index contributed by atoms with van der Waals surface area (Å²) in [5.74, 6) is -0.218. The molecular formula is C25H16ClFN4O2. The molecule has 0 fully saturated rings. The quantitative estimate of drug-likeness (QED) is 0.337. The first kappa shape index (κ1) is 20.7. The summed E-state index contributed by atoms with van der Waals surface area (Å²) in [6, 6.07) is 23.6. The first-order chi connectivity index (χ1) is 16.1. The van der Waals surface area contributed by atoms with Gasteiger partial charge in [0, 0.05) is 17.3 Å². The number of anilines is 1. The summed E-state index contributed by atoms with van der Waals surface area (Å²) < 4.78 is 21.0. The fourth-order valence-electron chi connectivity index (χ4n) is 3.38. The van der Waals surface area contributed by atoms with Gasteiger partial charge in [0.1, 0.15) is 17.3 Å². The lowest BCUT2D eigenvalue weighted by atomic mass is 10.2. The molecule has 0 unspecified atom stereocenters. The third kappa shape index (κ3) is 4.26. The highest BCUT2D eigenvalue weighted by atomic mass is 35.5. The number of benzene rings is 3. The van der Waals surface area contributed by atoms with Crippen LogP contribution in [0.2, 0.25) is 5.02 Å². The molecule has 8 heteroatoms. The lowest BCUT2D eigenvalue weighted by Crippen LogP contribution is -2.16. The summed E-state index contributed by atoms with van der Waals surface area (Å²) in [7, 11) is 0. The van der Waals surface area contributed by atoms with Gasteiger partial charge in [-0.15, -0.1) is 0 Å². The van der Waals surface area contributed by atoms with Crippen molar-refractivity contribution < 1.29 is 13.9 Å². The monoisotopic (exact) mass is 458 g/mol. The Morgan fingerprint density at radius 1 is 0.970 bits per heavy atom. The Morgan fingerprint density at radius 3 is 2.45 bits per heavy atom. The van der Waals surface area contributed by atoms with E-state index in [9.17, 15) is 9.18 Å². The molecule has 1 amide bonds. The van der Waals surface area contributed by atoms with Crippen molar-refractivity contribution in [1.82, 2.24) is 14.5 Å². The van der Waals surface area contributed by atoms with E-state index in [1.165, 1.54) is 12.1 Å². The molecule has 1 N–H and O–H groups in total. The average molecular weight is 459 g/mol. The third-order valence-electron chi connectivity index (χ3n) is 4.91. The second-order valence-electron chi connectivity index (χ2n) is 7.12. The predicted octanol–water partition coefficient (Wildman–Crippen LogP) is 6.26. The highest BCUT2D eigenvalue weighted by molar-refractivity contribution is 6.33. The van der Waals surface area contributed by atoms with Gasteiger partial charge < -0.3 is 10.1 Å². The maximum atomic E-state index is 13.6. The zero-order valence-electron chi connectivity index (χ0n) is 17.1. The summed E-state index contributed by atoms with van der Waals surface area (Å²) in [5.41, 5.74) is 1.74. The number of carbonyl (C=O) groups is 1. The number of fused-ring (bicyclic) bond motifs is 1. The lowest BCUT2D eigenvalue weighted by Gasteiger charge is -2.12. The van der Waals surface area contributed by atoms with Crippen LogP contribution in [0, 0.1) is 5.82 Å². The molecule has 2 aromatic heterocycles. The highest BCUT2D eigenvalue weighted by Crippen LogP contribution is 2.28. The van der Waals surface area contributed by atoms with Crippen LogP contribution in [0.25, 0.3) is 16.7 Å². The summed E-state index contributed by atoms with van der Waals surface area (Å²) in [6.45, 7) is 0. The molecule has 0 aliphatic heterocycles. The van der Waals surface area contributed by atoms with Crippen LogP contribution in [-0.2, 0) is 0 Å². The molecule has 5 aromatic rings. The molecule has 0 saturated carbocycles. The molecule has 0 aliphatic rings. The average Bonchev–Trinajstić information content (AvgIpc) is 3.21. The smallest absolute Gasteiger partial charge is 0.323 e. The van der Waals surface area contributed by atoms with Gasteiger partial charge in [-0.05, 0) is 54.6 Å². The number of rotatable bonds is 5. The molecule has 0 radical (unpaired) electrons. The number of amides is 1. The van der Waals surface area contributed by atoms with Crippen molar-refractivity contribution in [2.75, 3.05) is 5.32 Å². The summed E-state index contributed by atoms with van der Waals surface area (Å²) in [5, 5.41) is 3.84. The standard InChI is InChI=1S/C25H16ClFN4O2/c26-20-8-4-5-9-21(20)29-24(32)22-14-16-15-28-25(33-19-6-2-1-3-7-19)30-23(16)31(22)18-12-10-17(27)11-13-18/h1-15H,(H,29,32). The third-order valence-corrected chi connectivity index (χ3v) is 5.24. The van der Waals surface area contributed by atoms with Gasteiger partial charge in [0.15, 0.2) is 5.65 Å². The van der Waals surface area contributed by atoms with Crippen molar-refractivity contribution in [1.29, 1.82) is 0 Å². The van der Waals surface area contributed by atoms with Crippen molar-refractivity contribution in [3.63, 3.8) is 0 Å². The maximum absolute atomic E-state index is 13.6. The molecular weight excluding hydrogens is 443 g/mol. The highest BCUT2D eigenvalue weighted by Gasteiger charge is 2.20. The number of nitrogens with zero attached hydrogens (tertiary/aromatic N) is 3. The Balaban J connectivity index is 1.61. The number of hydrogen-bond donors (Lipinski definition) is 1. The van der Waals surface area contributed by atoms with Crippen LogP contribution in [-0.4, -0.2) is 20.4 Å². The normalized spacial score (nSPS) is 10.8. The van der Waals surface area contributed by atoms with Gasteiger partial charge in [-0.25, -0.2) is 9.37 Å². The number of ether oxygens (including phenoxy) is 1. The Hall–Kier alpha value is -4.23. The van der Waals surface area contributed by atoms with Crippen LogP contribution < -0.4 is 10.1 Å². The van der Waals surface area contributed by atoms with Crippen LogP contribution in [0.3, 0.4) is 0 Å². The fourth-order valence-corrected chi connectivity index (χ4v) is 3.57. The van der Waals surface area contributed by atoms with Gasteiger partial charge in [-0.2, -0.15) is 4.98 Å². The summed E-state index contributed by atoms with van der Waals surface area (Å²) in [6.07, 6.45) is 1.58. The van der Waals surface area contributed by atoms with Crippen LogP contribution in [0.4, 0.5) is 10.1 Å². The fraction of sp³-hybridized carbons (Fsp3) is 0. The molecule has 3 aromatic carbocycles. The van der Waals surface area contributed by atoms with E-state index >= 15 is 0 Å². The predicted molar refractivity (Wildman–Crippen MR) is 125 cm³/mol. The number of aromatic nitrogens is 3. The van der Waals surface area contributed by atoms with Gasteiger partial charge in [0.2, 0.25) is 0 Å². The number of hydrogen-bond acceptors (Lipinski definition) is 4. The molecule has 0 saturated heterocycles. The minimum atomic E-state index is -0.407. The molecule has 0 bridgehead atoms. The Bertz CT molecular complexity index is 1450. The molecule has 33 heavy (non-hydrogen) atoms. The zero-order valence-corrected chi connectivity index (χ0v) is 17.8. The number of para-hydroxylation sites is 2. The summed E-state index contributed by atoms with van der Waals surface area (Å²) >= 11 is 6.20. The minimum absolute atomic E-state index is 0.119. The van der Waals surface area contributed by atoms with E-state index < -0.39 is 5.91 Å². The maximum Gasteiger partial charge on any atom is 0.323 e. The largest absolute Gasteiger partial charge is 0.424 e. The van der Waals surface area contributed by atoms with Crippen molar-refractivity contribution >= 4 is 34.2 Å². The van der Waals surface area contributed by atoms with Gasteiger partial charge >= 0.3 is 6.01 Å². The second kappa shape index (κ2) is 8.72. The van der Waals surface area contributed by atoms with Crippen LogP contribution in [0.5, 0.6) is 11.8 Å². The van der Waals surface area contributed by atoms with Crippen LogP contribution in [0.1, 0.15) is 10.5 Å². The zero-order chi connectivity index (χ0) is 22.8. The van der Waals surface area contributed by atoms with Gasteiger partial charge in [0.05, 0.1) is 10.7 Å². The van der Waals surface area contributed by atoms with Crippen LogP contribution in [0.15, 0.2) is 91.1 Å². The van der Waals surface area contributed by atoms with E-state index in [0.29, 0.717) is 33.2 Å². The van der Waals surface area contributed by atoms with Crippen molar-refractivity contribution in [2.45, 2.75) is 0 Å². The van der Waals surface area contributed by atoms with E-state index in [0.717, 1.165) is 0 Å². The lowest BCUT2D eigenvalue weighted by molar-refractivity contribution is 0.102. The Morgan fingerprint density at radius 2 is 1.70 bits per heavy atom. The van der Waals surface area contributed by atoms with Crippen molar-refractivity contribution in [3.05, 3.63) is 108 Å².